The predicted octanol–water partition coefficient (Wildman–Crippen LogP) is 2.58. The van der Waals surface area contributed by atoms with E-state index in [9.17, 15) is 4.79 Å². The SMILES string of the molecule is CCC(CC)C(=O)NCCC(C)C. The van der Waals surface area contributed by atoms with E-state index in [4.69, 9.17) is 0 Å². The zero-order valence-electron chi connectivity index (χ0n) is 9.39. The lowest BCUT2D eigenvalue weighted by Crippen LogP contribution is -2.31. The Hall–Kier alpha value is -0.530. The molecule has 0 aromatic heterocycles. The van der Waals surface area contributed by atoms with Gasteiger partial charge < -0.3 is 5.32 Å². The fourth-order valence-electron chi connectivity index (χ4n) is 1.29. The lowest BCUT2D eigenvalue weighted by Gasteiger charge is -2.13. The third-order valence-corrected chi connectivity index (χ3v) is 2.38. The minimum absolute atomic E-state index is 0.215. The van der Waals surface area contributed by atoms with E-state index in [1.807, 2.05) is 0 Å². The van der Waals surface area contributed by atoms with Gasteiger partial charge >= 0.3 is 0 Å². The molecule has 0 unspecified atom stereocenters. The van der Waals surface area contributed by atoms with Gasteiger partial charge in [-0.3, -0.25) is 4.79 Å². The Balaban J connectivity index is 3.60. The van der Waals surface area contributed by atoms with Gasteiger partial charge in [-0.05, 0) is 25.2 Å². The van der Waals surface area contributed by atoms with Gasteiger partial charge in [0.1, 0.15) is 0 Å². The standard InChI is InChI=1S/C11H23NO/c1-5-10(6-2)11(13)12-8-7-9(3)4/h9-10H,5-8H2,1-4H3,(H,12,13). The maximum atomic E-state index is 11.5. The van der Waals surface area contributed by atoms with Crippen molar-refractivity contribution >= 4 is 5.91 Å². The van der Waals surface area contributed by atoms with Crippen molar-refractivity contribution < 1.29 is 4.79 Å². The molecular formula is C11H23NO. The summed E-state index contributed by atoms with van der Waals surface area (Å²) in [7, 11) is 0. The van der Waals surface area contributed by atoms with Crippen molar-refractivity contribution in [1.29, 1.82) is 0 Å². The molecule has 0 aliphatic heterocycles. The summed E-state index contributed by atoms with van der Waals surface area (Å²) in [5, 5.41) is 2.98. The molecule has 0 aliphatic rings. The lowest BCUT2D eigenvalue weighted by molar-refractivity contribution is -0.125. The highest BCUT2D eigenvalue weighted by molar-refractivity contribution is 5.78. The maximum absolute atomic E-state index is 11.5. The molecule has 0 aromatic rings. The van der Waals surface area contributed by atoms with Crippen molar-refractivity contribution in [2.24, 2.45) is 11.8 Å². The summed E-state index contributed by atoms with van der Waals surface area (Å²) in [4.78, 5) is 11.5. The second-order valence-electron chi connectivity index (χ2n) is 3.99. The third-order valence-electron chi connectivity index (χ3n) is 2.38. The highest BCUT2D eigenvalue weighted by atomic mass is 16.1. The van der Waals surface area contributed by atoms with E-state index < -0.39 is 0 Å². The molecule has 0 saturated heterocycles. The van der Waals surface area contributed by atoms with Crippen molar-refractivity contribution in [2.45, 2.75) is 47.0 Å². The van der Waals surface area contributed by atoms with Crippen LogP contribution in [0.5, 0.6) is 0 Å². The smallest absolute Gasteiger partial charge is 0.223 e. The molecule has 2 nitrogen and oxygen atoms in total. The van der Waals surface area contributed by atoms with Crippen LogP contribution in [0, 0.1) is 11.8 Å². The summed E-state index contributed by atoms with van der Waals surface area (Å²) in [5.41, 5.74) is 0. The summed E-state index contributed by atoms with van der Waals surface area (Å²) in [6.45, 7) is 9.30. The van der Waals surface area contributed by atoms with E-state index in [-0.39, 0.29) is 11.8 Å². The largest absolute Gasteiger partial charge is 0.356 e. The first kappa shape index (κ1) is 12.5. The Bertz CT molecular complexity index is 139. The normalized spacial score (nSPS) is 10.9. The third kappa shape index (κ3) is 5.67. The van der Waals surface area contributed by atoms with Gasteiger partial charge in [0, 0.05) is 12.5 Å². The minimum Gasteiger partial charge on any atom is -0.356 e. The lowest BCUT2D eigenvalue weighted by atomic mass is 10.0. The molecule has 0 heterocycles. The van der Waals surface area contributed by atoms with Gasteiger partial charge in [0.25, 0.3) is 0 Å². The fourth-order valence-corrected chi connectivity index (χ4v) is 1.29. The summed E-state index contributed by atoms with van der Waals surface area (Å²) in [5.74, 6) is 1.11. The van der Waals surface area contributed by atoms with Gasteiger partial charge in [0.2, 0.25) is 5.91 Å². The van der Waals surface area contributed by atoms with Crippen molar-refractivity contribution in [1.82, 2.24) is 5.32 Å². The number of amides is 1. The number of rotatable bonds is 6. The van der Waals surface area contributed by atoms with E-state index in [0.717, 1.165) is 25.8 Å². The summed E-state index contributed by atoms with van der Waals surface area (Å²) in [6.07, 6.45) is 2.97. The monoisotopic (exact) mass is 185 g/mol. The Morgan fingerprint density at radius 1 is 1.23 bits per heavy atom. The van der Waals surface area contributed by atoms with Gasteiger partial charge in [-0.25, -0.2) is 0 Å². The van der Waals surface area contributed by atoms with Crippen LogP contribution in [0.2, 0.25) is 0 Å². The number of hydrogen-bond donors (Lipinski definition) is 1. The van der Waals surface area contributed by atoms with Crippen molar-refractivity contribution in [3.63, 3.8) is 0 Å². The van der Waals surface area contributed by atoms with Crippen LogP contribution in [0.1, 0.15) is 47.0 Å². The van der Waals surface area contributed by atoms with Crippen LogP contribution in [-0.4, -0.2) is 12.5 Å². The molecule has 0 atom stereocenters. The van der Waals surface area contributed by atoms with E-state index in [2.05, 4.69) is 33.0 Å². The second kappa shape index (κ2) is 6.93. The Kier molecular flexibility index (Phi) is 6.65. The average Bonchev–Trinajstić information content (AvgIpc) is 2.05. The molecule has 0 bridgehead atoms. The van der Waals surface area contributed by atoms with E-state index >= 15 is 0 Å². The highest BCUT2D eigenvalue weighted by Gasteiger charge is 2.12. The first-order valence-electron chi connectivity index (χ1n) is 5.39. The zero-order valence-corrected chi connectivity index (χ0v) is 9.39. The summed E-state index contributed by atoms with van der Waals surface area (Å²) in [6, 6.07) is 0. The first-order valence-corrected chi connectivity index (χ1v) is 5.39. The predicted molar refractivity (Wildman–Crippen MR) is 56.5 cm³/mol. The number of carbonyl (C=O) groups is 1. The van der Waals surface area contributed by atoms with Crippen LogP contribution < -0.4 is 5.32 Å². The Morgan fingerprint density at radius 2 is 1.77 bits per heavy atom. The molecule has 13 heavy (non-hydrogen) atoms. The van der Waals surface area contributed by atoms with Crippen LogP contribution in [-0.2, 0) is 4.79 Å². The summed E-state index contributed by atoms with van der Waals surface area (Å²) < 4.78 is 0. The molecule has 0 aromatic carbocycles. The quantitative estimate of drug-likeness (QED) is 0.677. The van der Waals surface area contributed by atoms with Crippen LogP contribution in [0.4, 0.5) is 0 Å². The zero-order chi connectivity index (χ0) is 10.3. The average molecular weight is 185 g/mol. The van der Waals surface area contributed by atoms with Crippen LogP contribution >= 0.6 is 0 Å². The van der Waals surface area contributed by atoms with Gasteiger partial charge in [0.05, 0.1) is 0 Å². The van der Waals surface area contributed by atoms with Gasteiger partial charge in [-0.2, -0.15) is 0 Å². The fraction of sp³-hybridized carbons (Fsp3) is 0.909. The van der Waals surface area contributed by atoms with Crippen molar-refractivity contribution in [3.8, 4) is 0 Å². The maximum Gasteiger partial charge on any atom is 0.223 e. The molecule has 0 spiro atoms. The van der Waals surface area contributed by atoms with Gasteiger partial charge in [-0.1, -0.05) is 27.7 Å². The second-order valence-corrected chi connectivity index (χ2v) is 3.99. The molecule has 1 amide bonds. The van der Waals surface area contributed by atoms with Crippen molar-refractivity contribution in [3.05, 3.63) is 0 Å². The molecule has 0 rings (SSSR count). The molecule has 0 radical (unpaired) electrons. The first-order chi connectivity index (χ1) is 6.11. The molecule has 0 aliphatic carbocycles. The van der Waals surface area contributed by atoms with Gasteiger partial charge in [0.15, 0.2) is 0 Å². The van der Waals surface area contributed by atoms with Crippen molar-refractivity contribution in [2.75, 3.05) is 6.54 Å². The molecule has 1 N–H and O–H groups in total. The topological polar surface area (TPSA) is 29.1 Å². The Morgan fingerprint density at radius 3 is 2.15 bits per heavy atom. The summed E-state index contributed by atoms with van der Waals surface area (Å²) >= 11 is 0. The van der Waals surface area contributed by atoms with E-state index in [0.29, 0.717) is 5.92 Å². The molecular weight excluding hydrogens is 162 g/mol. The number of hydrogen-bond acceptors (Lipinski definition) is 1. The molecule has 78 valence electrons. The highest BCUT2D eigenvalue weighted by Crippen LogP contribution is 2.07. The van der Waals surface area contributed by atoms with E-state index in [1.54, 1.807) is 0 Å². The van der Waals surface area contributed by atoms with E-state index in [1.165, 1.54) is 0 Å². The number of nitrogens with one attached hydrogen (secondary N) is 1. The van der Waals surface area contributed by atoms with Crippen LogP contribution in [0.25, 0.3) is 0 Å². The van der Waals surface area contributed by atoms with Gasteiger partial charge in [-0.15, -0.1) is 0 Å². The number of carbonyl (C=O) groups excluding carboxylic acids is 1. The molecule has 0 saturated carbocycles. The minimum atomic E-state index is 0.215. The molecule has 0 fully saturated rings. The Labute approximate surface area is 82.1 Å². The van der Waals surface area contributed by atoms with Crippen LogP contribution in [0.3, 0.4) is 0 Å². The van der Waals surface area contributed by atoms with Crippen LogP contribution in [0.15, 0.2) is 0 Å². The molecule has 2 heteroatoms.